The third-order valence-electron chi connectivity index (χ3n) is 3.89. The van der Waals surface area contributed by atoms with Crippen LogP contribution in [0.4, 0.5) is 5.00 Å². The van der Waals surface area contributed by atoms with Crippen LogP contribution in [0.5, 0.6) is 5.75 Å². The maximum Gasteiger partial charge on any atom is 0.341 e. The van der Waals surface area contributed by atoms with Crippen LogP contribution >= 0.6 is 22.9 Å². The topological polar surface area (TPSA) is 84.9 Å². The van der Waals surface area contributed by atoms with Gasteiger partial charge in [0, 0.05) is 19.1 Å². The van der Waals surface area contributed by atoms with Gasteiger partial charge in [0.15, 0.2) is 6.61 Å². The van der Waals surface area contributed by atoms with Crippen molar-refractivity contribution >= 4 is 45.7 Å². The van der Waals surface area contributed by atoms with Crippen molar-refractivity contribution in [1.29, 1.82) is 0 Å². The van der Waals surface area contributed by atoms with Crippen LogP contribution in [0.25, 0.3) is 0 Å². The van der Waals surface area contributed by atoms with E-state index in [2.05, 4.69) is 5.32 Å². The fourth-order valence-electron chi connectivity index (χ4n) is 2.44. The van der Waals surface area contributed by atoms with E-state index in [1.165, 1.54) is 12.0 Å². The highest BCUT2D eigenvalue weighted by Crippen LogP contribution is 2.34. The largest absolute Gasteiger partial charge is 0.483 e. The lowest BCUT2D eigenvalue weighted by atomic mass is 10.1. The summed E-state index contributed by atoms with van der Waals surface area (Å²) < 4.78 is 10.3. The first-order valence-electron chi connectivity index (χ1n) is 8.27. The number of carbonyl (C=O) groups excluding carboxylic acids is 3. The summed E-state index contributed by atoms with van der Waals surface area (Å²) in [6.45, 7) is 3.19. The molecule has 1 heterocycles. The van der Waals surface area contributed by atoms with Crippen molar-refractivity contribution in [2.75, 3.05) is 33.1 Å². The number of rotatable bonds is 6. The van der Waals surface area contributed by atoms with Crippen LogP contribution < -0.4 is 10.1 Å². The summed E-state index contributed by atoms with van der Waals surface area (Å²) in [7, 11) is 4.46. The molecule has 0 saturated heterocycles. The number of thiophene rings is 1. The first-order valence-corrected chi connectivity index (χ1v) is 9.47. The maximum atomic E-state index is 12.3. The molecule has 150 valence electrons. The number of hydrogen-bond acceptors (Lipinski definition) is 6. The van der Waals surface area contributed by atoms with Crippen molar-refractivity contribution in [3.05, 3.63) is 44.8 Å². The summed E-state index contributed by atoms with van der Waals surface area (Å²) in [4.78, 5) is 38.6. The standard InChI is InChI=1S/C19H21ClN2O5S/c1-10-8-12(20)6-7-13(10)27-9-14(23)21-17-15(19(25)26-5)11(2)16(28-17)18(24)22(3)4/h6-8H,9H2,1-5H3,(H,21,23). The van der Waals surface area contributed by atoms with Crippen LogP contribution in [0.15, 0.2) is 18.2 Å². The molecule has 0 bridgehead atoms. The molecule has 0 aliphatic rings. The van der Waals surface area contributed by atoms with Gasteiger partial charge in [-0.2, -0.15) is 0 Å². The highest BCUT2D eigenvalue weighted by molar-refractivity contribution is 7.18. The molecule has 0 fully saturated rings. The number of nitrogens with zero attached hydrogens (tertiary/aromatic N) is 1. The lowest BCUT2D eigenvalue weighted by Crippen LogP contribution is -2.21. The zero-order valence-electron chi connectivity index (χ0n) is 16.2. The highest BCUT2D eigenvalue weighted by Gasteiger charge is 2.27. The van der Waals surface area contributed by atoms with Crippen LogP contribution in [0.1, 0.15) is 31.2 Å². The van der Waals surface area contributed by atoms with E-state index < -0.39 is 11.9 Å². The Morgan fingerprint density at radius 2 is 1.89 bits per heavy atom. The first kappa shape index (κ1) is 21.7. The lowest BCUT2D eigenvalue weighted by molar-refractivity contribution is -0.118. The summed E-state index contributed by atoms with van der Waals surface area (Å²) in [5.41, 5.74) is 1.41. The smallest absolute Gasteiger partial charge is 0.341 e. The van der Waals surface area contributed by atoms with Gasteiger partial charge in [-0.3, -0.25) is 9.59 Å². The number of amides is 2. The lowest BCUT2D eigenvalue weighted by Gasteiger charge is -2.10. The number of ether oxygens (including phenoxy) is 2. The van der Waals surface area contributed by atoms with Gasteiger partial charge in [0.2, 0.25) is 0 Å². The molecule has 28 heavy (non-hydrogen) atoms. The van der Waals surface area contributed by atoms with Crippen LogP contribution in [0.2, 0.25) is 5.02 Å². The van der Waals surface area contributed by atoms with E-state index in [0.717, 1.165) is 16.9 Å². The molecule has 2 amide bonds. The predicted octanol–water partition coefficient (Wildman–Crippen LogP) is 3.52. The van der Waals surface area contributed by atoms with Gasteiger partial charge in [0.1, 0.15) is 10.8 Å². The van der Waals surface area contributed by atoms with Crippen LogP contribution in [0, 0.1) is 13.8 Å². The fourth-order valence-corrected chi connectivity index (χ4v) is 3.90. The van der Waals surface area contributed by atoms with Crippen LogP contribution in [0.3, 0.4) is 0 Å². The molecule has 1 N–H and O–H groups in total. The van der Waals surface area contributed by atoms with Gasteiger partial charge in [-0.1, -0.05) is 11.6 Å². The fraction of sp³-hybridized carbons (Fsp3) is 0.316. The van der Waals surface area contributed by atoms with Crippen LogP contribution in [-0.2, 0) is 9.53 Å². The minimum Gasteiger partial charge on any atom is -0.483 e. The number of anilines is 1. The Morgan fingerprint density at radius 3 is 2.46 bits per heavy atom. The van der Waals surface area contributed by atoms with Gasteiger partial charge < -0.3 is 19.7 Å². The van der Waals surface area contributed by atoms with Gasteiger partial charge in [0.05, 0.1) is 17.6 Å². The second-order valence-electron chi connectivity index (χ2n) is 6.20. The SMILES string of the molecule is COC(=O)c1c(NC(=O)COc2ccc(Cl)cc2C)sc(C(=O)N(C)C)c1C. The molecule has 2 rings (SSSR count). The number of halogens is 1. The van der Waals surface area contributed by atoms with Crippen molar-refractivity contribution in [3.63, 3.8) is 0 Å². The van der Waals surface area contributed by atoms with E-state index in [0.29, 0.717) is 21.2 Å². The molecule has 0 unspecified atom stereocenters. The second-order valence-corrected chi connectivity index (χ2v) is 7.66. The Hall–Kier alpha value is -2.58. The van der Waals surface area contributed by atoms with Crippen molar-refractivity contribution < 1.29 is 23.9 Å². The molecule has 2 aromatic rings. The van der Waals surface area contributed by atoms with Gasteiger partial charge in [0.25, 0.3) is 11.8 Å². The Morgan fingerprint density at radius 1 is 1.21 bits per heavy atom. The second kappa shape index (κ2) is 9.07. The zero-order valence-corrected chi connectivity index (χ0v) is 17.8. The number of aryl methyl sites for hydroxylation is 1. The number of carbonyl (C=O) groups is 3. The molecule has 1 aromatic carbocycles. The van der Waals surface area contributed by atoms with Crippen LogP contribution in [-0.4, -0.2) is 50.5 Å². The molecular weight excluding hydrogens is 404 g/mol. The minimum absolute atomic E-state index is 0.161. The summed E-state index contributed by atoms with van der Waals surface area (Å²) in [6.07, 6.45) is 0. The highest BCUT2D eigenvalue weighted by atomic mass is 35.5. The van der Waals surface area contributed by atoms with Gasteiger partial charge in [-0.05, 0) is 43.2 Å². The summed E-state index contributed by atoms with van der Waals surface area (Å²) >= 11 is 6.93. The summed E-state index contributed by atoms with van der Waals surface area (Å²) in [6, 6.07) is 5.07. The quantitative estimate of drug-likeness (QED) is 0.717. The van der Waals surface area contributed by atoms with Crippen molar-refractivity contribution in [2.24, 2.45) is 0 Å². The predicted molar refractivity (Wildman–Crippen MR) is 109 cm³/mol. The molecule has 0 atom stereocenters. The molecular formula is C19H21ClN2O5S. The number of hydrogen-bond donors (Lipinski definition) is 1. The summed E-state index contributed by atoms with van der Waals surface area (Å²) in [5, 5.41) is 3.46. The zero-order chi connectivity index (χ0) is 21.0. The number of nitrogens with one attached hydrogen (secondary N) is 1. The van der Waals surface area contributed by atoms with E-state index in [-0.39, 0.29) is 23.1 Å². The molecule has 0 saturated carbocycles. The monoisotopic (exact) mass is 424 g/mol. The molecule has 1 aromatic heterocycles. The van der Waals surface area contributed by atoms with Gasteiger partial charge in [-0.15, -0.1) is 11.3 Å². The Bertz CT molecular complexity index is 923. The normalized spacial score (nSPS) is 10.4. The van der Waals surface area contributed by atoms with E-state index in [1.807, 2.05) is 6.92 Å². The van der Waals surface area contributed by atoms with Crippen molar-refractivity contribution in [2.45, 2.75) is 13.8 Å². The van der Waals surface area contributed by atoms with Crippen molar-refractivity contribution in [3.8, 4) is 5.75 Å². The molecule has 0 aliphatic carbocycles. The first-order chi connectivity index (χ1) is 13.1. The van der Waals surface area contributed by atoms with E-state index >= 15 is 0 Å². The molecule has 0 radical (unpaired) electrons. The van der Waals surface area contributed by atoms with Gasteiger partial charge in [-0.25, -0.2) is 4.79 Å². The molecule has 7 nitrogen and oxygen atoms in total. The Labute approximate surface area is 172 Å². The van der Waals surface area contributed by atoms with E-state index in [9.17, 15) is 14.4 Å². The Balaban J connectivity index is 2.21. The number of methoxy groups -OCH3 is 1. The molecule has 0 aliphatic heterocycles. The van der Waals surface area contributed by atoms with Gasteiger partial charge >= 0.3 is 5.97 Å². The molecule has 9 heteroatoms. The maximum absolute atomic E-state index is 12.3. The Kier molecular flexibility index (Phi) is 7.04. The average molecular weight is 425 g/mol. The average Bonchev–Trinajstić information content (AvgIpc) is 2.95. The van der Waals surface area contributed by atoms with Crippen molar-refractivity contribution in [1.82, 2.24) is 4.90 Å². The third kappa shape index (κ3) is 4.82. The number of benzene rings is 1. The minimum atomic E-state index is -0.628. The molecule has 0 spiro atoms. The van der Waals surface area contributed by atoms with E-state index in [4.69, 9.17) is 21.1 Å². The third-order valence-corrected chi connectivity index (χ3v) is 5.32. The summed E-state index contributed by atoms with van der Waals surface area (Å²) in [5.74, 6) is -0.833. The number of esters is 1. The van der Waals surface area contributed by atoms with E-state index in [1.54, 1.807) is 39.2 Å².